The number of carboxylic acid groups (broad SMARTS) is 1. The summed E-state index contributed by atoms with van der Waals surface area (Å²) in [5.74, 6) is -0.762. The van der Waals surface area contributed by atoms with E-state index in [9.17, 15) is 9.59 Å². The number of hydrogen-bond acceptors (Lipinski definition) is 7. The molecule has 0 radical (unpaired) electrons. The number of aromatic carboxylic acids is 1. The van der Waals surface area contributed by atoms with Crippen molar-refractivity contribution in [3.05, 3.63) is 71.0 Å². The van der Waals surface area contributed by atoms with E-state index in [-0.39, 0.29) is 17.5 Å². The molecule has 4 rings (SSSR count). The molecule has 10 nitrogen and oxygen atoms in total. The van der Waals surface area contributed by atoms with E-state index in [1.54, 1.807) is 48.5 Å². The van der Waals surface area contributed by atoms with E-state index in [0.717, 1.165) is 38.2 Å². The predicted octanol–water partition coefficient (Wildman–Crippen LogP) is 3.44. The first-order valence-electron chi connectivity index (χ1n) is 11.6. The minimum atomic E-state index is -0.971. The summed E-state index contributed by atoms with van der Waals surface area (Å²) < 4.78 is 6.97. The van der Waals surface area contributed by atoms with Gasteiger partial charge in [0.15, 0.2) is 0 Å². The van der Waals surface area contributed by atoms with E-state index in [1.807, 2.05) is 0 Å². The summed E-state index contributed by atoms with van der Waals surface area (Å²) in [6.07, 6.45) is 7.33. The maximum atomic E-state index is 12.9. The van der Waals surface area contributed by atoms with Crippen LogP contribution >= 0.6 is 11.6 Å². The smallest absolute Gasteiger partial charge is 0.335 e. The molecule has 3 aromatic rings. The topological polar surface area (TPSA) is 131 Å². The van der Waals surface area contributed by atoms with Crippen LogP contribution in [0.5, 0.6) is 0 Å². The number of halogens is 1. The van der Waals surface area contributed by atoms with Crippen molar-refractivity contribution in [2.75, 3.05) is 25.1 Å². The molecule has 188 valence electrons. The lowest BCUT2D eigenvalue weighted by molar-refractivity contribution is -0.117. The Balaban J connectivity index is 1.43. The van der Waals surface area contributed by atoms with Crippen molar-refractivity contribution in [1.29, 1.82) is 0 Å². The highest BCUT2D eigenvalue weighted by Crippen LogP contribution is 2.22. The van der Waals surface area contributed by atoms with Crippen molar-refractivity contribution < 1.29 is 19.4 Å². The fraction of sp³-hybridized carbons (Fsp3) is 0.320. The van der Waals surface area contributed by atoms with Gasteiger partial charge in [-0.2, -0.15) is 4.68 Å². The number of carbonyl (C=O) groups excluding carboxylic acids is 1. The van der Waals surface area contributed by atoms with Gasteiger partial charge in [-0.3, -0.25) is 4.79 Å². The molecule has 11 heteroatoms. The third-order valence-electron chi connectivity index (χ3n) is 5.99. The van der Waals surface area contributed by atoms with E-state index < -0.39 is 5.97 Å². The molecule has 0 bridgehead atoms. The molecule has 0 spiro atoms. The van der Waals surface area contributed by atoms with E-state index in [0.29, 0.717) is 28.7 Å². The lowest BCUT2D eigenvalue weighted by Gasteiger charge is -2.27. The molecule has 36 heavy (non-hydrogen) atoms. The molecule has 1 saturated heterocycles. The quantitative estimate of drug-likeness (QED) is 0.353. The summed E-state index contributed by atoms with van der Waals surface area (Å²) in [7, 11) is 0. The number of benzene rings is 2. The number of nitrogens with one attached hydrogen (secondary N) is 2. The zero-order valence-corrected chi connectivity index (χ0v) is 20.3. The Hall–Kier alpha value is -3.76. The summed E-state index contributed by atoms with van der Waals surface area (Å²) >= 11 is 6.17. The van der Waals surface area contributed by atoms with Gasteiger partial charge in [-0.1, -0.05) is 11.6 Å². The third-order valence-corrected chi connectivity index (χ3v) is 6.22. The molecule has 1 atom stereocenters. The fourth-order valence-electron chi connectivity index (χ4n) is 4.10. The summed E-state index contributed by atoms with van der Waals surface area (Å²) in [6, 6.07) is 11.6. The first kappa shape index (κ1) is 25.3. The Bertz CT molecular complexity index is 1190. The largest absolute Gasteiger partial charge is 0.478 e. The Morgan fingerprint density at radius 1 is 1.19 bits per heavy atom. The van der Waals surface area contributed by atoms with Crippen LogP contribution in [0.3, 0.4) is 0 Å². The van der Waals surface area contributed by atoms with Gasteiger partial charge >= 0.3 is 5.97 Å². The third kappa shape index (κ3) is 7.12. The normalized spacial score (nSPS) is 15.0. The van der Waals surface area contributed by atoms with Gasteiger partial charge in [0.1, 0.15) is 6.33 Å². The Labute approximate surface area is 213 Å². The highest BCUT2D eigenvalue weighted by molar-refractivity contribution is 6.30. The maximum Gasteiger partial charge on any atom is 0.335 e. The van der Waals surface area contributed by atoms with E-state index in [4.69, 9.17) is 21.4 Å². The molecule has 1 fully saturated rings. The zero-order valence-electron chi connectivity index (χ0n) is 19.5. The fourth-order valence-corrected chi connectivity index (χ4v) is 4.28. The van der Waals surface area contributed by atoms with Crippen LogP contribution in [0.4, 0.5) is 5.69 Å². The van der Waals surface area contributed by atoms with Crippen LogP contribution in [0.15, 0.2) is 54.9 Å². The predicted molar refractivity (Wildman–Crippen MR) is 135 cm³/mol. The van der Waals surface area contributed by atoms with Crippen molar-refractivity contribution in [3.63, 3.8) is 0 Å². The second-order valence-electron chi connectivity index (χ2n) is 8.55. The average molecular weight is 511 g/mol. The summed E-state index contributed by atoms with van der Waals surface area (Å²) in [5.41, 5.74) is 2.40. The van der Waals surface area contributed by atoms with Crippen molar-refractivity contribution in [1.82, 2.24) is 25.5 Å². The Morgan fingerprint density at radius 3 is 2.67 bits per heavy atom. The number of carbonyl (C=O) groups is 2. The van der Waals surface area contributed by atoms with Crippen molar-refractivity contribution in [2.45, 2.75) is 25.3 Å². The number of hydrogen-bond donors (Lipinski definition) is 3. The molecule has 1 aliphatic rings. The molecule has 1 unspecified atom stereocenters. The zero-order chi connectivity index (χ0) is 25.3. The van der Waals surface area contributed by atoms with Crippen LogP contribution in [0.2, 0.25) is 5.02 Å². The van der Waals surface area contributed by atoms with Gasteiger partial charge in [0.2, 0.25) is 5.91 Å². The van der Waals surface area contributed by atoms with Gasteiger partial charge in [-0.15, -0.1) is 5.10 Å². The SMILES string of the molecule is O=C(/C=C/c1cc(Cl)ccc1-n1cnnn1)NC(CNc1ccc(C(=O)O)cc1)CC1CCOCC1. The monoisotopic (exact) mass is 510 g/mol. The number of anilines is 1. The number of carboxylic acids is 1. The van der Waals surface area contributed by atoms with Crippen LogP contribution in [0, 0.1) is 5.92 Å². The van der Waals surface area contributed by atoms with E-state index >= 15 is 0 Å². The summed E-state index contributed by atoms with van der Waals surface area (Å²) in [6.45, 7) is 1.95. The minimum Gasteiger partial charge on any atom is -0.478 e. The molecule has 1 amide bonds. The number of nitrogens with zero attached hydrogens (tertiary/aromatic N) is 4. The van der Waals surface area contributed by atoms with Gasteiger partial charge in [0, 0.05) is 48.1 Å². The molecule has 1 aromatic heterocycles. The maximum absolute atomic E-state index is 12.9. The van der Waals surface area contributed by atoms with Gasteiger partial charge in [-0.25, -0.2) is 4.79 Å². The lowest BCUT2D eigenvalue weighted by atomic mass is 9.92. The molecule has 0 aliphatic carbocycles. The van der Waals surface area contributed by atoms with Gasteiger partial charge < -0.3 is 20.5 Å². The number of aromatic nitrogens is 4. The first-order chi connectivity index (χ1) is 17.5. The standard InChI is InChI=1S/C25H27ClN6O4/c26-20-4-7-23(32-16-28-30-31-32)19(14-20)3-8-24(33)29-22(13-17-9-11-36-12-10-17)15-27-21-5-1-18(2-6-21)25(34)35/h1-8,14,16-17,22,27H,9-13,15H2,(H,29,33)(H,34,35)/b8-3+. The molecular formula is C25H27ClN6O4. The van der Waals surface area contributed by atoms with Crippen LogP contribution in [0.1, 0.15) is 35.2 Å². The summed E-state index contributed by atoms with van der Waals surface area (Å²) in [4.78, 5) is 24.0. The van der Waals surface area contributed by atoms with E-state index in [1.165, 1.54) is 17.1 Å². The molecule has 1 aliphatic heterocycles. The lowest BCUT2D eigenvalue weighted by Crippen LogP contribution is -2.41. The van der Waals surface area contributed by atoms with E-state index in [2.05, 4.69) is 26.2 Å². The van der Waals surface area contributed by atoms with Crippen molar-refractivity contribution in [2.24, 2.45) is 5.92 Å². The highest BCUT2D eigenvalue weighted by Gasteiger charge is 2.20. The number of amides is 1. The number of ether oxygens (including phenoxy) is 1. The summed E-state index contributed by atoms with van der Waals surface area (Å²) in [5, 5.41) is 27.3. The van der Waals surface area contributed by atoms with Crippen LogP contribution < -0.4 is 10.6 Å². The highest BCUT2D eigenvalue weighted by atomic mass is 35.5. The van der Waals surface area contributed by atoms with Crippen LogP contribution in [-0.2, 0) is 9.53 Å². The first-order valence-corrected chi connectivity index (χ1v) is 12.0. The number of tetrazole rings is 1. The second kappa shape index (κ2) is 12.3. The molecule has 2 aromatic carbocycles. The number of rotatable bonds is 10. The molecule has 0 saturated carbocycles. The molecular weight excluding hydrogens is 484 g/mol. The second-order valence-corrected chi connectivity index (χ2v) is 8.99. The molecule has 2 heterocycles. The Kier molecular flexibility index (Phi) is 8.64. The molecule has 3 N–H and O–H groups in total. The minimum absolute atomic E-state index is 0.136. The van der Waals surface area contributed by atoms with Crippen LogP contribution in [-0.4, -0.2) is 63.0 Å². The van der Waals surface area contributed by atoms with Gasteiger partial charge in [-0.05, 0) is 84.1 Å². The van der Waals surface area contributed by atoms with Gasteiger partial charge in [0.25, 0.3) is 0 Å². The van der Waals surface area contributed by atoms with Gasteiger partial charge in [0.05, 0.1) is 11.3 Å². The van der Waals surface area contributed by atoms with Crippen molar-refractivity contribution in [3.8, 4) is 5.69 Å². The van der Waals surface area contributed by atoms with Crippen LogP contribution in [0.25, 0.3) is 11.8 Å². The average Bonchev–Trinajstić information content (AvgIpc) is 3.42. The Morgan fingerprint density at radius 2 is 1.97 bits per heavy atom. The van der Waals surface area contributed by atoms with Crippen molar-refractivity contribution >= 4 is 35.2 Å².